The number of tetrazole rings is 1. The Balaban J connectivity index is 0.00000304. The van der Waals surface area contributed by atoms with Crippen molar-refractivity contribution < 1.29 is 73.8 Å². The van der Waals surface area contributed by atoms with Crippen molar-refractivity contribution >= 4 is 39.3 Å². The van der Waals surface area contributed by atoms with E-state index < -0.39 is 21.5 Å². The molecule has 0 radical (unpaired) electrons. The molecule has 5 rings (SSSR count). The molecular formula is C23H18KN6O4S2+. The fourth-order valence-corrected chi connectivity index (χ4v) is 5.24. The number of aliphatic imine (C=N–C) groups is 1. The second-order valence-corrected chi connectivity index (χ2v) is 10.1. The molecule has 10 nitrogen and oxygen atoms in total. The van der Waals surface area contributed by atoms with Crippen LogP contribution in [0.3, 0.4) is 0 Å². The molecule has 176 valence electrons. The summed E-state index contributed by atoms with van der Waals surface area (Å²) in [5, 5.41) is 10.8. The van der Waals surface area contributed by atoms with E-state index in [9.17, 15) is 17.8 Å². The molecule has 13 heteroatoms. The van der Waals surface area contributed by atoms with E-state index in [0.717, 1.165) is 16.8 Å². The zero-order valence-corrected chi connectivity index (χ0v) is 24.0. The number of anilines is 1. The van der Waals surface area contributed by atoms with Gasteiger partial charge in [0.05, 0.1) is 10.6 Å². The molecule has 0 spiro atoms. The topological polar surface area (TPSA) is 135 Å². The number of rotatable bonds is 6. The van der Waals surface area contributed by atoms with Gasteiger partial charge in [-0.3, -0.25) is 4.90 Å². The Morgan fingerprint density at radius 3 is 2.31 bits per heavy atom. The molecule has 36 heavy (non-hydrogen) atoms. The standard InChI is InChI=1S/C23H18N6O4S2.K/c1-15-7-9-16(10-8-15)20-21(34-23-25-26-27-29(23)18-5-3-2-4-6-18)28(22(30)24-20)17-11-13-19(14-12-17)35(31,32)33;/h2-14,21H,1H3,(H,31,32,33);/q;+1. The predicted octanol–water partition coefficient (Wildman–Crippen LogP) is -0.154. The molecule has 0 bridgehead atoms. The van der Waals surface area contributed by atoms with E-state index >= 15 is 0 Å². The van der Waals surface area contributed by atoms with Crippen LogP contribution >= 0.6 is 11.8 Å². The molecule has 2 amide bonds. The van der Waals surface area contributed by atoms with Crippen LogP contribution in [0.25, 0.3) is 5.69 Å². The average molecular weight is 546 g/mol. The third kappa shape index (κ3) is 5.53. The SMILES string of the molecule is Cc1ccc(C2=NC(=O)N(c3ccc(S(=O)(=O)[O-])cc3)C2Sc2nn[nH][n+]2-c2ccccc2)cc1.[K+]. The molecule has 1 atom stereocenters. The second-order valence-electron chi connectivity index (χ2n) is 7.69. The van der Waals surface area contributed by atoms with E-state index in [0.29, 0.717) is 16.6 Å². The van der Waals surface area contributed by atoms with Crippen LogP contribution in [0.2, 0.25) is 0 Å². The number of hydrogen-bond acceptors (Lipinski definition) is 7. The number of urea groups is 1. The summed E-state index contributed by atoms with van der Waals surface area (Å²) in [5.74, 6) is 0. The van der Waals surface area contributed by atoms with Gasteiger partial charge in [-0.05, 0) is 60.6 Å². The Kier molecular flexibility index (Phi) is 8.21. The summed E-state index contributed by atoms with van der Waals surface area (Å²) in [5.41, 5.74) is 3.53. The van der Waals surface area contributed by atoms with E-state index in [2.05, 4.69) is 20.5 Å². The maximum Gasteiger partial charge on any atom is 1.00 e. The van der Waals surface area contributed by atoms with Gasteiger partial charge in [0.1, 0.15) is 26.3 Å². The van der Waals surface area contributed by atoms with Crippen molar-refractivity contribution in [2.24, 2.45) is 4.99 Å². The van der Waals surface area contributed by atoms with Crippen LogP contribution < -0.4 is 61.0 Å². The third-order valence-electron chi connectivity index (χ3n) is 5.34. The van der Waals surface area contributed by atoms with Crippen molar-refractivity contribution in [1.82, 2.24) is 15.5 Å². The summed E-state index contributed by atoms with van der Waals surface area (Å²) < 4.78 is 35.8. The summed E-state index contributed by atoms with van der Waals surface area (Å²) in [6, 6.07) is 21.7. The molecular weight excluding hydrogens is 528 g/mol. The predicted molar refractivity (Wildman–Crippen MR) is 128 cm³/mol. The monoisotopic (exact) mass is 545 g/mol. The minimum Gasteiger partial charge on any atom is -0.744 e. The number of benzene rings is 3. The van der Waals surface area contributed by atoms with Crippen molar-refractivity contribution in [3.05, 3.63) is 90.0 Å². The first-order valence-electron chi connectivity index (χ1n) is 10.4. The molecule has 2 heterocycles. The first kappa shape index (κ1) is 26.8. The normalized spacial score (nSPS) is 15.5. The minimum absolute atomic E-state index is 0. The summed E-state index contributed by atoms with van der Waals surface area (Å²) in [7, 11) is -4.62. The van der Waals surface area contributed by atoms with Crippen molar-refractivity contribution in [2.45, 2.75) is 22.3 Å². The Morgan fingerprint density at radius 1 is 1.00 bits per heavy atom. The Bertz CT molecular complexity index is 1530. The van der Waals surface area contributed by atoms with E-state index in [-0.39, 0.29) is 56.3 Å². The largest absolute Gasteiger partial charge is 1.00 e. The summed E-state index contributed by atoms with van der Waals surface area (Å²) in [4.78, 5) is 18.5. The number of carbonyl (C=O) groups excluding carboxylic acids is 1. The van der Waals surface area contributed by atoms with Gasteiger partial charge in [0, 0.05) is 5.69 Å². The second kappa shape index (κ2) is 11.0. The smallest absolute Gasteiger partial charge is 0.744 e. The molecule has 0 fully saturated rings. The average Bonchev–Trinajstić information content (AvgIpc) is 3.44. The first-order chi connectivity index (χ1) is 16.8. The summed E-state index contributed by atoms with van der Waals surface area (Å²) in [6.45, 7) is 1.97. The maximum atomic E-state index is 13.1. The number of aromatic amines is 1. The number of aryl methyl sites for hydroxylation is 1. The van der Waals surface area contributed by atoms with Crippen LogP contribution in [0.4, 0.5) is 10.5 Å². The van der Waals surface area contributed by atoms with Gasteiger partial charge in [0.2, 0.25) is 0 Å². The number of amides is 2. The molecule has 1 aliphatic heterocycles. The molecule has 1 unspecified atom stereocenters. The number of thioether (sulfide) groups is 1. The van der Waals surface area contributed by atoms with Crippen molar-refractivity contribution in [1.29, 1.82) is 0 Å². The van der Waals surface area contributed by atoms with Crippen LogP contribution in [0.5, 0.6) is 0 Å². The van der Waals surface area contributed by atoms with Crippen molar-refractivity contribution in [3.8, 4) is 5.69 Å². The van der Waals surface area contributed by atoms with Gasteiger partial charge in [-0.2, -0.15) is 4.99 Å². The molecule has 1 aromatic heterocycles. The molecule has 0 aliphatic carbocycles. The fraction of sp³-hybridized carbons (Fsp3) is 0.0870. The number of nitrogens with one attached hydrogen (secondary N) is 1. The Morgan fingerprint density at radius 2 is 1.67 bits per heavy atom. The van der Waals surface area contributed by atoms with Crippen LogP contribution in [0.1, 0.15) is 11.1 Å². The van der Waals surface area contributed by atoms with Gasteiger partial charge < -0.3 is 4.55 Å². The van der Waals surface area contributed by atoms with Gasteiger partial charge in [0.25, 0.3) is 0 Å². The van der Waals surface area contributed by atoms with E-state index in [1.54, 1.807) is 4.68 Å². The van der Waals surface area contributed by atoms with Crippen LogP contribution in [0.15, 0.2) is 93.9 Å². The minimum atomic E-state index is -4.62. The molecule has 1 N–H and O–H groups in total. The maximum absolute atomic E-state index is 13.1. The van der Waals surface area contributed by atoms with E-state index in [1.165, 1.54) is 40.9 Å². The number of nitrogens with zero attached hydrogens (tertiary/aromatic N) is 5. The Hall–Kier alpha value is -2.23. The molecule has 1 aliphatic rings. The van der Waals surface area contributed by atoms with Gasteiger partial charge in [0.15, 0.2) is 5.21 Å². The molecule has 4 aromatic rings. The summed E-state index contributed by atoms with van der Waals surface area (Å²) >= 11 is 1.26. The number of aromatic nitrogens is 4. The molecule has 0 saturated heterocycles. The number of para-hydroxylation sites is 1. The van der Waals surface area contributed by atoms with Crippen LogP contribution in [-0.4, -0.2) is 45.6 Å². The zero-order chi connectivity index (χ0) is 24.6. The van der Waals surface area contributed by atoms with E-state index in [4.69, 9.17) is 0 Å². The van der Waals surface area contributed by atoms with Crippen molar-refractivity contribution in [3.63, 3.8) is 0 Å². The molecule has 0 saturated carbocycles. The number of H-pyrrole nitrogens is 1. The van der Waals surface area contributed by atoms with Gasteiger partial charge in [-0.1, -0.05) is 53.2 Å². The van der Waals surface area contributed by atoms with Gasteiger partial charge >= 0.3 is 62.6 Å². The van der Waals surface area contributed by atoms with Gasteiger partial charge in [-0.15, -0.1) is 4.68 Å². The fourth-order valence-electron chi connectivity index (χ4n) is 3.61. The first-order valence-corrected chi connectivity index (χ1v) is 12.7. The zero-order valence-electron chi connectivity index (χ0n) is 19.3. The Labute approximate surface area is 254 Å². The number of carbonyl (C=O) groups is 1. The van der Waals surface area contributed by atoms with E-state index in [1.807, 2.05) is 61.5 Å². The third-order valence-corrected chi connectivity index (χ3v) is 7.33. The number of hydrogen-bond donors (Lipinski definition) is 1. The van der Waals surface area contributed by atoms with Crippen LogP contribution in [-0.2, 0) is 10.1 Å². The van der Waals surface area contributed by atoms with Gasteiger partial charge in [-0.25, -0.2) is 13.2 Å². The summed E-state index contributed by atoms with van der Waals surface area (Å²) in [6.07, 6.45) is 0. The molecule has 3 aromatic carbocycles. The quantitative estimate of drug-likeness (QED) is 0.202. The van der Waals surface area contributed by atoms with Crippen LogP contribution in [0, 0.1) is 6.92 Å². The van der Waals surface area contributed by atoms with Crippen molar-refractivity contribution in [2.75, 3.05) is 4.90 Å².